The van der Waals surface area contributed by atoms with Gasteiger partial charge in [0.25, 0.3) is 0 Å². The summed E-state index contributed by atoms with van der Waals surface area (Å²) in [4.78, 5) is 34.6. The van der Waals surface area contributed by atoms with E-state index in [9.17, 15) is 44.6 Å². The molecule has 0 heterocycles. The summed E-state index contributed by atoms with van der Waals surface area (Å²) in [5.41, 5.74) is 0. The van der Waals surface area contributed by atoms with Gasteiger partial charge in [0.05, 0.1) is 6.61 Å². The highest BCUT2D eigenvalue weighted by Gasteiger charge is 2.51. The maximum atomic E-state index is 12.6. The van der Waals surface area contributed by atoms with Crippen LogP contribution in [0, 0.1) is 0 Å². The number of carbonyl (C=O) groups is 2. The van der Waals surface area contributed by atoms with Crippen molar-refractivity contribution < 1.29 is 63.1 Å². The van der Waals surface area contributed by atoms with Crippen molar-refractivity contribution in [3.63, 3.8) is 0 Å². The molecule has 1 fully saturated rings. The van der Waals surface area contributed by atoms with Crippen LogP contribution in [0.5, 0.6) is 0 Å². The Morgan fingerprint density at radius 1 is 0.519 bits per heavy atom. The molecule has 0 amide bonds. The van der Waals surface area contributed by atoms with Gasteiger partial charge in [-0.3, -0.25) is 18.6 Å². The number of hydrogen-bond acceptors (Lipinski definition) is 12. The molecule has 14 heteroatoms. The molecule has 52 heavy (non-hydrogen) atoms. The summed E-state index contributed by atoms with van der Waals surface area (Å²) in [5.74, 6) is -1.15. The maximum Gasteiger partial charge on any atom is 0.472 e. The maximum absolute atomic E-state index is 12.6. The molecule has 6 atom stereocenters. The average Bonchev–Trinajstić information content (AvgIpc) is 3.11. The predicted octanol–water partition coefficient (Wildman–Crippen LogP) is 6.55. The quantitative estimate of drug-likeness (QED) is 0.0238. The predicted molar refractivity (Wildman–Crippen MR) is 198 cm³/mol. The fourth-order valence-corrected chi connectivity index (χ4v) is 7.36. The molecule has 1 aliphatic rings. The number of aliphatic hydroxyl groups is 5. The van der Waals surface area contributed by atoms with Crippen molar-refractivity contribution >= 4 is 19.8 Å². The van der Waals surface area contributed by atoms with Crippen molar-refractivity contribution in [3.05, 3.63) is 0 Å². The number of phosphoric acid groups is 1. The molecule has 6 N–H and O–H groups in total. The fraction of sp³-hybridized carbons (Fsp3) is 0.947. The van der Waals surface area contributed by atoms with Gasteiger partial charge in [-0.05, 0) is 12.8 Å². The number of esters is 2. The molecule has 0 spiro atoms. The van der Waals surface area contributed by atoms with E-state index in [4.69, 9.17) is 18.5 Å². The van der Waals surface area contributed by atoms with Crippen LogP contribution in [-0.4, -0.2) is 98.3 Å². The van der Waals surface area contributed by atoms with Crippen molar-refractivity contribution in [2.75, 3.05) is 13.2 Å². The number of rotatable bonds is 33. The van der Waals surface area contributed by atoms with Gasteiger partial charge in [-0.2, -0.15) is 0 Å². The average molecular weight is 769 g/mol. The Bertz CT molecular complexity index is 938. The Labute approximate surface area is 312 Å². The Balaban J connectivity index is 2.20. The third kappa shape index (κ3) is 22.9. The van der Waals surface area contributed by atoms with Crippen LogP contribution in [0.25, 0.3) is 0 Å². The smallest absolute Gasteiger partial charge is 0.462 e. The number of carbonyl (C=O) groups excluding carboxylic acids is 2. The lowest BCUT2D eigenvalue weighted by atomic mass is 9.85. The molecular formula is C38H73O13P. The number of hydrogen-bond donors (Lipinski definition) is 6. The monoisotopic (exact) mass is 768 g/mol. The van der Waals surface area contributed by atoms with E-state index in [0.717, 1.165) is 19.3 Å². The summed E-state index contributed by atoms with van der Waals surface area (Å²) in [5, 5.41) is 49.6. The van der Waals surface area contributed by atoms with Crippen molar-refractivity contribution in [1.82, 2.24) is 0 Å². The van der Waals surface area contributed by atoms with Crippen molar-refractivity contribution in [2.24, 2.45) is 0 Å². The topological polar surface area (TPSA) is 210 Å². The first kappa shape index (κ1) is 48.9. The van der Waals surface area contributed by atoms with Crippen LogP contribution in [0.15, 0.2) is 0 Å². The van der Waals surface area contributed by atoms with Crippen LogP contribution in [0.4, 0.5) is 0 Å². The molecule has 1 rings (SSSR count). The van der Waals surface area contributed by atoms with E-state index in [1.165, 1.54) is 116 Å². The summed E-state index contributed by atoms with van der Waals surface area (Å²) in [6.45, 7) is 2.87. The highest BCUT2D eigenvalue weighted by Crippen LogP contribution is 2.47. The molecule has 6 unspecified atom stereocenters. The second kappa shape index (κ2) is 30.1. The molecule has 1 aliphatic carbocycles. The summed E-state index contributed by atoms with van der Waals surface area (Å²) >= 11 is 0. The first-order valence-corrected chi connectivity index (χ1v) is 21.8. The van der Waals surface area contributed by atoms with Crippen LogP contribution >= 0.6 is 7.82 Å². The lowest BCUT2D eigenvalue weighted by Gasteiger charge is -2.41. The van der Waals surface area contributed by atoms with Crippen LogP contribution < -0.4 is 0 Å². The molecule has 0 aromatic rings. The zero-order valence-corrected chi connectivity index (χ0v) is 33.0. The number of phosphoric ester groups is 1. The molecular weight excluding hydrogens is 695 g/mol. The second-order valence-electron chi connectivity index (χ2n) is 14.5. The highest BCUT2D eigenvalue weighted by molar-refractivity contribution is 7.47. The zero-order chi connectivity index (χ0) is 38.6. The molecule has 0 saturated heterocycles. The van der Waals surface area contributed by atoms with E-state index in [-0.39, 0.29) is 12.8 Å². The SMILES string of the molecule is CCCCCCCCCCCCCCCCCCCCCCCCC(=O)OC(COC(=O)CCC)COP(=O)(O)OC1C(O)C(O)C(O)C(O)C1O. The molecule has 0 aromatic heterocycles. The minimum Gasteiger partial charge on any atom is -0.462 e. The Kier molecular flexibility index (Phi) is 28.3. The molecule has 13 nitrogen and oxygen atoms in total. The largest absolute Gasteiger partial charge is 0.472 e. The van der Waals surface area contributed by atoms with Crippen molar-refractivity contribution in [3.8, 4) is 0 Å². The van der Waals surface area contributed by atoms with Gasteiger partial charge in [-0.15, -0.1) is 0 Å². The van der Waals surface area contributed by atoms with Gasteiger partial charge >= 0.3 is 19.8 Å². The van der Waals surface area contributed by atoms with E-state index >= 15 is 0 Å². The molecule has 0 aromatic carbocycles. The Hall–Kier alpha value is -1.15. The standard InChI is InChI=1S/C38H73O13P/c1-3-5-6-7-8-9-10-11-12-13-14-15-16-17-18-19-20-21-22-23-24-25-27-32(40)50-30(28-48-31(39)26-4-2)29-49-52(46,47)51-38-36(44)34(42)33(41)35(43)37(38)45/h30,33-38,41-45H,3-29H2,1-2H3,(H,46,47). The number of ether oxygens (including phenoxy) is 2. The molecule has 308 valence electrons. The Morgan fingerprint density at radius 2 is 0.904 bits per heavy atom. The highest BCUT2D eigenvalue weighted by atomic mass is 31.2. The van der Waals surface area contributed by atoms with E-state index in [1.54, 1.807) is 6.92 Å². The molecule has 0 bridgehead atoms. The zero-order valence-electron chi connectivity index (χ0n) is 32.1. The molecule has 0 radical (unpaired) electrons. The van der Waals surface area contributed by atoms with Gasteiger partial charge in [0, 0.05) is 12.8 Å². The van der Waals surface area contributed by atoms with Gasteiger partial charge in [0.1, 0.15) is 43.2 Å². The van der Waals surface area contributed by atoms with Gasteiger partial charge in [0.2, 0.25) is 0 Å². The lowest BCUT2D eigenvalue weighted by Crippen LogP contribution is -2.64. The van der Waals surface area contributed by atoms with Crippen molar-refractivity contribution in [2.45, 2.75) is 217 Å². The summed E-state index contributed by atoms with van der Waals surface area (Å²) in [7, 11) is -5.08. The van der Waals surface area contributed by atoms with Crippen molar-refractivity contribution in [1.29, 1.82) is 0 Å². The van der Waals surface area contributed by atoms with Crippen LogP contribution in [0.3, 0.4) is 0 Å². The molecule has 0 aliphatic heterocycles. The van der Waals surface area contributed by atoms with E-state index in [1.807, 2.05) is 0 Å². The van der Waals surface area contributed by atoms with E-state index in [0.29, 0.717) is 12.8 Å². The minimum atomic E-state index is -5.08. The van der Waals surface area contributed by atoms with E-state index in [2.05, 4.69) is 6.92 Å². The second-order valence-corrected chi connectivity index (χ2v) is 15.9. The Morgan fingerprint density at radius 3 is 1.31 bits per heavy atom. The minimum absolute atomic E-state index is 0.102. The van der Waals surface area contributed by atoms with Crippen LogP contribution in [0.2, 0.25) is 0 Å². The van der Waals surface area contributed by atoms with E-state index < -0.39 is 75.7 Å². The third-order valence-corrected chi connectivity index (χ3v) is 10.7. The summed E-state index contributed by atoms with van der Waals surface area (Å²) < 4.78 is 32.8. The third-order valence-electron chi connectivity index (χ3n) is 9.67. The normalized spacial score (nSPS) is 23.6. The number of unbranched alkanes of at least 4 members (excludes halogenated alkanes) is 21. The molecule has 1 saturated carbocycles. The van der Waals surface area contributed by atoms with Crippen LogP contribution in [0.1, 0.15) is 174 Å². The van der Waals surface area contributed by atoms with Gasteiger partial charge in [-0.25, -0.2) is 4.57 Å². The first-order valence-electron chi connectivity index (χ1n) is 20.3. The summed E-state index contributed by atoms with van der Waals surface area (Å²) in [6.07, 6.45) is 15.4. The first-order chi connectivity index (χ1) is 24.9. The van der Waals surface area contributed by atoms with Gasteiger partial charge in [-0.1, -0.05) is 149 Å². The summed E-state index contributed by atoms with van der Waals surface area (Å²) in [6, 6.07) is 0. The van der Waals surface area contributed by atoms with Gasteiger partial charge in [0.15, 0.2) is 6.10 Å². The van der Waals surface area contributed by atoms with Crippen LogP contribution in [-0.2, 0) is 32.7 Å². The fourth-order valence-electron chi connectivity index (χ4n) is 6.38. The van der Waals surface area contributed by atoms with Gasteiger partial charge < -0.3 is 39.9 Å². The number of aliphatic hydroxyl groups excluding tert-OH is 5. The lowest BCUT2D eigenvalue weighted by molar-refractivity contribution is -0.220.